The third-order valence-electron chi connectivity index (χ3n) is 7.53. The van der Waals surface area contributed by atoms with Crippen molar-refractivity contribution in [2.24, 2.45) is 11.5 Å². The molecule has 2 aliphatic heterocycles. The molecule has 4 amide bonds. The molecule has 8 N–H and O–H groups in total. The summed E-state index contributed by atoms with van der Waals surface area (Å²) in [4.78, 5) is 50.4. The molecule has 2 aliphatic rings. The lowest BCUT2D eigenvalue weighted by Crippen LogP contribution is -2.45. The van der Waals surface area contributed by atoms with Crippen molar-refractivity contribution in [2.75, 3.05) is 24.6 Å². The largest absolute Gasteiger partial charge is 0.399 e. The van der Waals surface area contributed by atoms with Gasteiger partial charge in [0.1, 0.15) is 12.1 Å². The molecule has 2 unspecified atom stereocenters. The van der Waals surface area contributed by atoms with Crippen molar-refractivity contribution in [3.8, 4) is 0 Å². The quantitative estimate of drug-likeness (QED) is 0.296. The average molecular weight is 759 g/mol. The number of nitrogens with zero attached hydrogens (tertiary/aromatic N) is 2. The summed E-state index contributed by atoms with van der Waals surface area (Å²) in [6.45, 7) is 4.69. The number of likely N-dealkylation sites (tertiary alicyclic amines) is 2. The van der Waals surface area contributed by atoms with Crippen molar-refractivity contribution in [3.05, 3.63) is 54.9 Å². The lowest BCUT2D eigenvalue weighted by molar-refractivity contribution is -0.136. The highest BCUT2D eigenvalue weighted by atomic mass is 79.9. The lowest BCUT2D eigenvalue weighted by Gasteiger charge is -2.25. The number of halogens is 3. The van der Waals surface area contributed by atoms with Gasteiger partial charge in [0, 0.05) is 56.9 Å². The zero-order valence-electron chi connectivity index (χ0n) is 22.9. The zero-order valence-corrected chi connectivity index (χ0v) is 27.7. The highest BCUT2D eigenvalue weighted by Crippen LogP contribution is 2.43. The van der Waals surface area contributed by atoms with Gasteiger partial charge in [-0.05, 0) is 74.0 Å². The van der Waals surface area contributed by atoms with Crippen LogP contribution in [0.25, 0.3) is 0 Å². The molecule has 2 saturated heterocycles. The molecule has 0 aromatic heterocycles. The third kappa shape index (κ3) is 7.42. The highest BCUT2D eigenvalue weighted by Gasteiger charge is 2.39. The van der Waals surface area contributed by atoms with Crippen LogP contribution in [0.1, 0.15) is 62.5 Å². The molecule has 41 heavy (non-hydrogen) atoms. The molecule has 4 atom stereocenters. The van der Waals surface area contributed by atoms with E-state index in [4.69, 9.17) is 22.9 Å². The number of rotatable bonds is 8. The monoisotopic (exact) mass is 756 g/mol. The Labute approximate surface area is 264 Å². The summed E-state index contributed by atoms with van der Waals surface area (Å²) < 4.78 is 2.41. The molecule has 2 aromatic carbocycles. The Bertz CT molecular complexity index is 1340. The normalized spacial score (nSPS) is 20.0. The van der Waals surface area contributed by atoms with E-state index in [1.165, 1.54) is 0 Å². The van der Waals surface area contributed by atoms with Gasteiger partial charge in [-0.3, -0.25) is 19.2 Å². The maximum absolute atomic E-state index is 12.3. The van der Waals surface area contributed by atoms with Gasteiger partial charge in [0.05, 0.1) is 5.69 Å². The standard InChI is InChI=1S/C14H16Br3N3O2.C14H19N3O2/c1-2-9(14(19)22)20-5-6(3-10(20)21)11-7(15)4-8(16)13(18)12(11)17;1-2-12(14(16)19)17-8-10(7-13(17)18)9-4-3-5-11(15)6-9/h4,6,9H,2-3,5,18H2,1H3,(H2,19,22);3-6,10,12H,2,7-8,15H2,1H3,(H2,16,19)/t6?,9-;10?,12-/m00/s1. The SMILES string of the molecule is CC[C@@H](C(N)=O)N1CC(c2c(Br)cc(Br)c(N)c2Br)CC1=O.CC[C@@H](C(N)=O)N1CC(c2cccc(N)c2)CC1=O. The highest BCUT2D eigenvalue weighted by molar-refractivity contribution is 9.11. The van der Waals surface area contributed by atoms with E-state index in [2.05, 4.69) is 47.8 Å². The van der Waals surface area contributed by atoms with Crippen LogP contribution in [0.3, 0.4) is 0 Å². The Hall–Kier alpha value is -2.64. The van der Waals surface area contributed by atoms with E-state index in [0.717, 1.165) is 24.5 Å². The van der Waals surface area contributed by atoms with Gasteiger partial charge in [-0.2, -0.15) is 0 Å². The van der Waals surface area contributed by atoms with Crippen LogP contribution in [0.15, 0.2) is 43.7 Å². The minimum Gasteiger partial charge on any atom is -0.399 e. The molecular formula is C28H35Br3N6O4. The number of benzene rings is 2. The molecule has 13 heteroatoms. The molecule has 222 valence electrons. The van der Waals surface area contributed by atoms with Crippen LogP contribution in [0.4, 0.5) is 11.4 Å². The minimum absolute atomic E-state index is 0.0157. The number of hydrogen-bond acceptors (Lipinski definition) is 6. The fraction of sp³-hybridized carbons (Fsp3) is 0.429. The van der Waals surface area contributed by atoms with Crippen molar-refractivity contribution in [2.45, 2.75) is 63.5 Å². The Morgan fingerprint density at radius 2 is 1.37 bits per heavy atom. The number of carbonyl (C=O) groups is 4. The Morgan fingerprint density at radius 1 is 0.854 bits per heavy atom. The fourth-order valence-electron chi connectivity index (χ4n) is 5.44. The summed E-state index contributed by atoms with van der Waals surface area (Å²) in [6, 6.07) is 8.35. The van der Waals surface area contributed by atoms with Gasteiger partial charge in [-0.25, -0.2) is 0 Å². The average Bonchev–Trinajstić information content (AvgIpc) is 3.46. The molecule has 2 aromatic rings. The smallest absolute Gasteiger partial charge is 0.240 e. The van der Waals surface area contributed by atoms with Crippen molar-refractivity contribution < 1.29 is 19.2 Å². The second-order valence-corrected chi connectivity index (χ2v) is 12.7. The molecular weight excluding hydrogens is 724 g/mol. The Morgan fingerprint density at radius 3 is 1.85 bits per heavy atom. The molecule has 2 heterocycles. The van der Waals surface area contributed by atoms with E-state index < -0.39 is 23.9 Å². The first kappa shape index (κ1) is 32.9. The van der Waals surface area contributed by atoms with Crippen molar-refractivity contribution in [3.63, 3.8) is 0 Å². The van der Waals surface area contributed by atoms with Crippen molar-refractivity contribution >= 4 is 82.8 Å². The second-order valence-electron chi connectivity index (χ2n) is 10.2. The van der Waals surface area contributed by atoms with E-state index in [1.54, 1.807) is 9.80 Å². The summed E-state index contributed by atoms with van der Waals surface area (Å²) in [5, 5.41) is 0. The van der Waals surface area contributed by atoms with Crippen molar-refractivity contribution in [1.82, 2.24) is 9.80 Å². The van der Waals surface area contributed by atoms with Crippen molar-refractivity contribution in [1.29, 1.82) is 0 Å². The number of primary amides is 2. The third-order valence-corrected chi connectivity index (χ3v) is 9.70. The van der Waals surface area contributed by atoms with E-state index in [-0.39, 0.29) is 23.7 Å². The molecule has 0 radical (unpaired) electrons. The molecule has 10 nitrogen and oxygen atoms in total. The Kier molecular flexibility index (Phi) is 11.2. The van der Waals surface area contributed by atoms with Crippen LogP contribution in [-0.2, 0) is 19.2 Å². The van der Waals surface area contributed by atoms with Gasteiger partial charge < -0.3 is 32.7 Å². The summed E-state index contributed by atoms with van der Waals surface area (Å²) in [5.41, 5.74) is 25.8. The molecule has 0 spiro atoms. The molecule has 0 aliphatic carbocycles. The number of nitrogens with two attached hydrogens (primary N) is 4. The van der Waals surface area contributed by atoms with E-state index in [1.807, 2.05) is 44.2 Å². The fourth-order valence-corrected chi connectivity index (χ4v) is 8.21. The first-order valence-electron chi connectivity index (χ1n) is 13.3. The van der Waals surface area contributed by atoms with Gasteiger partial charge in [-0.15, -0.1) is 0 Å². The topological polar surface area (TPSA) is 179 Å². The lowest BCUT2D eigenvalue weighted by atomic mass is 9.97. The summed E-state index contributed by atoms with van der Waals surface area (Å²) >= 11 is 10.4. The van der Waals surface area contributed by atoms with Crippen LogP contribution in [0, 0.1) is 0 Å². The molecule has 2 fully saturated rings. The van der Waals surface area contributed by atoms with Crippen LogP contribution < -0.4 is 22.9 Å². The van der Waals surface area contributed by atoms with E-state index in [9.17, 15) is 19.2 Å². The van der Waals surface area contributed by atoms with Gasteiger partial charge in [0.15, 0.2) is 0 Å². The second kappa shape index (κ2) is 14.0. The van der Waals surface area contributed by atoms with Gasteiger partial charge >= 0.3 is 0 Å². The minimum atomic E-state index is -0.553. The zero-order chi connectivity index (χ0) is 30.6. The summed E-state index contributed by atoms with van der Waals surface area (Å²) in [7, 11) is 0. The maximum Gasteiger partial charge on any atom is 0.240 e. The van der Waals surface area contributed by atoms with Gasteiger partial charge in [0.25, 0.3) is 0 Å². The number of anilines is 2. The number of amides is 4. The maximum atomic E-state index is 12.3. The number of hydrogen-bond donors (Lipinski definition) is 4. The first-order valence-corrected chi connectivity index (χ1v) is 15.6. The van der Waals surface area contributed by atoms with Gasteiger partial charge in [-0.1, -0.05) is 41.9 Å². The van der Waals surface area contributed by atoms with Crippen LogP contribution >= 0.6 is 47.8 Å². The molecule has 0 bridgehead atoms. The van der Waals surface area contributed by atoms with Gasteiger partial charge in [0.2, 0.25) is 23.6 Å². The van der Waals surface area contributed by atoms with Crippen LogP contribution in [-0.4, -0.2) is 58.6 Å². The van der Waals surface area contributed by atoms with E-state index >= 15 is 0 Å². The molecule has 0 saturated carbocycles. The summed E-state index contributed by atoms with van der Waals surface area (Å²) in [6.07, 6.45) is 1.80. The predicted octanol–water partition coefficient (Wildman–Crippen LogP) is 3.98. The first-order chi connectivity index (χ1) is 19.3. The Balaban J connectivity index is 0.000000228. The number of nitrogen functional groups attached to an aromatic ring is 2. The van der Waals surface area contributed by atoms with Crippen LogP contribution in [0.5, 0.6) is 0 Å². The number of carbonyl (C=O) groups excluding carboxylic acids is 4. The predicted molar refractivity (Wildman–Crippen MR) is 169 cm³/mol. The van der Waals surface area contributed by atoms with Crippen LogP contribution in [0.2, 0.25) is 0 Å². The summed E-state index contributed by atoms with van der Waals surface area (Å²) in [5.74, 6) is -0.938. The van der Waals surface area contributed by atoms with E-state index in [0.29, 0.717) is 50.1 Å². The molecule has 4 rings (SSSR count).